The van der Waals surface area contributed by atoms with Gasteiger partial charge in [-0.15, -0.1) is 0 Å². The number of nitrogens with zero attached hydrogens (tertiary/aromatic N) is 1. The Kier molecular flexibility index (Phi) is 10.6. The van der Waals surface area contributed by atoms with Gasteiger partial charge in [0.05, 0.1) is 36.6 Å². The normalized spacial score (nSPS) is 23.6. The molecule has 0 saturated carbocycles. The molecule has 0 aromatic carbocycles. The average Bonchev–Trinajstić information content (AvgIpc) is 3.67. The number of carboxylic acid groups (broad SMARTS) is 2. The van der Waals surface area contributed by atoms with Crippen molar-refractivity contribution < 1.29 is 38.9 Å². The van der Waals surface area contributed by atoms with Crippen LogP contribution in [0.2, 0.25) is 0 Å². The monoisotopic (exact) mass is 720 g/mol. The van der Waals surface area contributed by atoms with Gasteiger partial charge in [0.2, 0.25) is 0 Å². The summed E-state index contributed by atoms with van der Waals surface area (Å²) in [5.74, 6) is -4.37. The van der Waals surface area contributed by atoms with Crippen LogP contribution in [0, 0.1) is 25.2 Å². The minimum Gasteiger partial charge on any atom is -0.481 e. The summed E-state index contributed by atoms with van der Waals surface area (Å²) in [5, 5.41) is 20.5. The number of fused-ring (bicyclic) bond motifs is 8. The number of esters is 2. The molecule has 0 unspecified atom stereocenters. The highest BCUT2D eigenvalue weighted by Crippen LogP contribution is 2.54. The minimum absolute atomic E-state index is 0.103. The molecule has 2 aliphatic heterocycles. The Morgan fingerprint density at radius 2 is 1.57 bits per heavy atom. The molecule has 1 aliphatic carbocycles. The van der Waals surface area contributed by atoms with Gasteiger partial charge in [0, 0.05) is 40.6 Å². The molecule has 2 atom stereocenters. The smallest absolute Gasteiger partial charge is 0.334 e. The number of hydrogen-bond donors (Lipinski definition) is 5. The fourth-order valence-corrected chi connectivity index (χ4v) is 7.40. The molecule has 2 aromatic heterocycles. The van der Waals surface area contributed by atoms with Crippen LogP contribution in [-0.4, -0.2) is 64.0 Å². The van der Waals surface area contributed by atoms with E-state index in [1.165, 1.54) is 14.2 Å². The van der Waals surface area contributed by atoms with Crippen molar-refractivity contribution in [1.29, 1.82) is 0 Å². The second-order valence-electron chi connectivity index (χ2n) is 13.4. The van der Waals surface area contributed by atoms with Crippen LogP contribution in [0.1, 0.15) is 60.3 Å². The molecule has 4 heterocycles. The number of nitrogens with one attached hydrogen (secondary N) is 2. The minimum atomic E-state index is -1.22. The lowest BCUT2D eigenvalue weighted by molar-refractivity contribution is -0.150. The van der Waals surface area contributed by atoms with Crippen molar-refractivity contribution in [3.63, 3.8) is 0 Å². The first-order valence-corrected chi connectivity index (χ1v) is 17.0. The van der Waals surface area contributed by atoms with Crippen molar-refractivity contribution in [2.75, 3.05) is 14.2 Å². The molecule has 0 saturated heterocycles. The molecular formula is C41H44N4O8. The number of methoxy groups -OCH3 is 2. The zero-order valence-corrected chi connectivity index (χ0v) is 30.7. The number of carboxylic acids is 2. The molecule has 3 aliphatic rings. The number of aromatic nitrogens is 2. The van der Waals surface area contributed by atoms with Crippen molar-refractivity contribution in [1.82, 2.24) is 9.97 Å². The van der Waals surface area contributed by atoms with E-state index < -0.39 is 35.2 Å². The number of aliphatic carboxylic acids is 2. The molecule has 0 fully saturated rings. The Bertz CT molecular complexity index is 2300. The predicted molar refractivity (Wildman–Crippen MR) is 202 cm³/mol. The fourth-order valence-electron chi connectivity index (χ4n) is 7.40. The second-order valence-corrected chi connectivity index (χ2v) is 13.4. The SMILES string of the molecule is C=C/C1=C(C)/C(N)=C/c2[nH]c(c(CCC(=O)O)c2C)/C=c2\[nH]c(c(C)c2CCC(=O)O)=CC2=N/C(=C\C1=C)[C@]1(C)C2=CC=C(C(=O)OC)[C@@H]1C(=O)OC. The molecular weight excluding hydrogens is 676 g/mol. The number of rotatable bonds is 9. The van der Waals surface area contributed by atoms with E-state index in [1.54, 1.807) is 30.4 Å². The molecule has 0 spiro atoms. The van der Waals surface area contributed by atoms with E-state index in [-0.39, 0.29) is 31.3 Å². The lowest BCUT2D eigenvalue weighted by Gasteiger charge is -2.37. The van der Waals surface area contributed by atoms with E-state index in [4.69, 9.17) is 20.2 Å². The second kappa shape index (κ2) is 14.8. The Hall–Kier alpha value is -6.17. The van der Waals surface area contributed by atoms with Gasteiger partial charge < -0.3 is 35.4 Å². The highest BCUT2D eigenvalue weighted by atomic mass is 16.5. The zero-order valence-electron chi connectivity index (χ0n) is 30.7. The van der Waals surface area contributed by atoms with Crippen LogP contribution >= 0.6 is 0 Å². The van der Waals surface area contributed by atoms with Gasteiger partial charge in [-0.3, -0.25) is 19.4 Å². The summed E-state index contributed by atoms with van der Waals surface area (Å²) in [5.41, 5.74) is 13.8. The number of carbonyl (C=O) groups is 4. The van der Waals surface area contributed by atoms with E-state index in [9.17, 15) is 29.4 Å². The molecule has 12 heteroatoms. The molecule has 53 heavy (non-hydrogen) atoms. The highest BCUT2D eigenvalue weighted by Gasteiger charge is 2.54. The van der Waals surface area contributed by atoms with E-state index in [2.05, 4.69) is 23.1 Å². The van der Waals surface area contributed by atoms with Gasteiger partial charge in [-0.05, 0) is 109 Å². The summed E-state index contributed by atoms with van der Waals surface area (Å²) in [6, 6.07) is 0. The third-order valence-electron chi connectivity index (χ3n) is 10.4. The third kappa shape index (κ3) is 6.92. The average molecular weight is 721 g/mol. The van der Waals surface area contributed by atoms with Gasteiger partial charge in [-0.1, -0.05) is 31.4 Å². The Morgan fingerprint density at radius 3 is 2.17 bits per heavy atom. The lowest BCUT2D eigenvalue weighted by Crippen LogP contribution is -2.41. The zero-order chi connectivity index (χ0) is 38.9. The molecule has 2 aromatic rings. The van der Waals surface area contributed by atoms with Gasteiger partial charge >= 0.3 is 23.9 Å². The summed E-state index contributed by atoms with van der Waals surface area (Å²) in [7, 11) is 2.50. The van der Waals surface area contributed by atoms with Crippen LogP contribution in [-0.2, 0) is 41.5 Å². The maximum absolute atomic E-state index is 13.6. The molecule has 0 amide bonds. The number of carbonyl (C=O) groups excluding carboxylic acids is 2. The van der Waals surface area contributed by atoms with E-state index in [0.29, 0.717) is 61.5 Å². The number of aromatic amines is 2. The summed E-state index contributed by atoms with van der Waals surface area (Å²) < 4.78 is 10.3. The topological polar surface area (TPSA) is 197 Å². The Balaban J connectivity index is 1.92. The predicted octanol–water partition coefficient (Wildman–Crippen LogP) is 4.15. The fraction of sp³-hybridized carbons (Fsp3) is 0.293. The van der Waals surface area contributed by atoms with Gasteiger partial charge in [0.1, 0.15) is 5.92 Å². The van der Waals surface area contributed by atoms with E-state index in [0.717, 1.165) is 22.3 Å². The molecule has 12 nitrogen and oxygen atoms in total. The summed E-state index contributed by atoms with van der Waals surface area (Å²) in [6.07, 6.45) is 12.4. The molecule has 5 rings (SSSR count). The summed E-state index contributed by atoms with van der Waals surface area (Å²) >= 11 is 0. The number of allylic oxidation sites excluding steroid dienone is 8. The van der Waals surface area contributed by atoms with Crippen molar-refractivity contribution in [3.8, 4) is 0 Å². The molecule has 6 N–H and O–H groups in total. The summed E-state index contributed by atoms with van der Waals surface area (Å²) in [4.78, 5) is 62.1. The van der Waals surface area contributed by atoms with Gasteiger partial charge in [-0.2, -0.15) is 0 Å². The van der Waals surface area contributed by atoms with E-state index in [1.807, 2.05) is 39.8 Å². The quantitative estimate of drug-likeness (QED) is 0.236. The first-order chi connectivity index (χ1) is 25.1. The maximum Gasteiger partial charge on any atom is 0.334 e. The number of nitrogens with two attached hydrogens (primary N) is 1. The molecule has 276 valence electrons. The van der Waals surface area contributed by atoms with Crippen LogP contribution in [0.15, 0.2) is 81.7 Å². The van der Waals surface area contributed by atoms with Crippen molar-refractivity contribution in [2.45, 2.75) is 53.4 Å². The van der Waals surface area contributed by atoms with Gasteiger partial charge in [0.25, 0.3) is 0 Å². The largest absolute Gasteiger partial charge is 0.481 e. The first kappa shape index (κ1) is 38.1. The van der Waals surface area contributed by atoms with Crippen LogP contribution in [0.4, 0.5) is 0 Å². The van der Waals surface area contributed by atoms with Crippen LogP contribution in [0.5, 0.6) is 0 Å². The van der Waals surface area contributed by atoms with Gasteiger partial charge in [0.15, 0.2) is 0 Å². The van der Waals surface area contributed by atoms with Crippen LogP contribution in [0.25, 0.3) is 18.2 Å². The summed E-state index contributed by atoms with van der Waals surface area (Å²) in [6.45, 7) is 15.8. The molecule has 0 radical (unpaired) electrons. The molecule has 6 bridgehead atoms. The maximum atomic E-state index is 13.6. The third-order valence-corrected chi connectivity index (χ3v) is 10.4. The number of aliphatic imine (C=N–C) groups is 1. The standard InChI is InChI=1S/C41H44N4O8/c1-9-24-20(2)16-35-41(6)28(13-10-27(39(50)52-7)38(41)40(51)53-8)34(45-35)18-31-23(5)26(12-15-37(48)49)33(44-31)19-32-25(11-14-36(46)47)22(4)30(43-32)17-29(42)21(24)3/h9-10,13,16-19,38,43-44H,1-2,11-12,14-15,42H2,3-8H3,(H,46,47)(H,48,49)/b24-21-,29-17-,31-18?,33-19-,35-16-/t38-,41+/m1/s1. The van der Waals surface area contributed by atoms with Crippen molar-refractivity contribution in [3.05, 3.63) is 121 Å². The Labute approximate surface area is 306 Å². The van der Waals surface area contributed by atoms with Crippen molar-refractivity contribution >= 4 is 47.8 Å². The Morgan fingerprint density at radius 1 is 0.906 bits per heavy atom. The number of hydrogen-bond acceptors (Lipinski definition) is 8. The lowest BCUT2D eigenvalue weighted by atomic mass is 9.64. The first-order valence-electron chi connectivity index (χ1n) is 17.0. The van der Waals surface area contributed by atoms with Crippen LogP contribution in [0.3, 0.4) is 0 Å². The highest BCUT2D eigenvalue weighted by molar-refractivity contribution is 6.24. The number of H-pyrrole nitrogens is 2. The van der Waals surface area contributed by atoms with Crippen LogP contribution < -0.4 is 16.4 Å². The van der Waals surface area contributed by atoms with Crippen molar-refractivity contribution in [2.24, 2.45) is 22.1 Å². The van der Waals surface area contributed by atoms with Gasteiger partial charge in [-0.25, -0.2) is 4.79 Å². The number of ether oxygens (including phenoxy) is 2. The van der Waals surface area contributed by atoms with E-state index >= 15 is 0 Å².